The normalized spacial score (nSPS) is 20.3. The van der Waals surface area contributed by atoms with E-state index in [0.717, 1.165) is 18.2 Å². The fourth-order valence-electron chi connectivity index (χ4n) is 7.03. The van der Waals surface area contributed by atoms with Crippen LogP contribution in [0.1, 0.15) is 65.6 Å². The molecule has 3 atom stereocenters. The molecule has 1 amide bonds. The fraction of sp³-hybridized carbons (Fsp3) is 0.424. The third kappa shape index (κ3) is 5.75. The molecule has 0 aliphatic heterocycles. The van der Waals surface area contributed by atoms with Crippen LogP contribution in [0, 0.1) is 18.8 Å². The number of aryl methyl sites for hydroxylation is 1. The fourth-order valence-corrected chi connectivity index (χ4v) is 7.26. The minimum Gasteiger partial charge on any atom is -0.504 e. The van der Waals surface area contributed by atoms with Gasteiger partial charge in [-0.15, -0.1) is 0 Å². The van der Waals surface area contributed by atoms with Crippen molar-refractivity contribution in [1.82, 2.24) is 24.5 Å². The number of ketones is 1. The molecule has 0 spiro atoms. The first-order chi connectivity index (χ1) is 22.7. The van der Waals surface area contributed by atoms with E-state index in [1.165, 1.54) is 12.5 Å². The van der Waals surface area contributed by atoms with Gasteiger partial charge in [-0.05, 0) is 63.1 Å². The van der Waals surface area contributed by atoms with Crippen LogP contribution in [0.25, 0.3) is 11.2 Å². The summed E-state index contributed by atoms with van der Waals surface area (Å²) in [4.78, 5) is 60.1. The minimum atomic E-state index is -4.60. The van der Waals surface area contributed by atoms with E-state index in [9.17, 15) is 32.7 Å². The number of aromatic hydroxyl groups is 1. The lowest BCUT2D eigenvalue weighted by atomic mass is 9.75. The van der Waals surface area contributed by atoms with E-state index in [1.807, 2.05) is 6.92 Å². The molecule has 4 aromatic rings. The molecule has 2 aliphatic rings. The third-order valence-electron chi connectivity index (χ3n) is 9.57. The summed E-state index contributed by atoms with van der Waals surface area (Å²) in [6.45, 7) is 3.16. The number of benzene rings is 1. The molecule has 0 bridgehead atoms. The lowest BCUT2D eigenvalue weighted by Gasteiger charge is -2.30. The Bertz CT molecular complexity index is 2030. The molecule has 1 aromatic carbocycles. The number of carbonyl (C=O) groups is 2. The van der Waals surface area contributed by atoms with Crippen molar-refractivity contribution in [3.63, 3.8) is 0 Å². The van der Waals surface area contributed by atoms with Crippen LogP contribution in [0.4, 0.5) is 24.7 Å². The quantitative estimate of drug-likeness (QED) is 0.231. The number of hydrogen-bond acceptors (Lipinski definition) is 9. The Balaban J connectivity index is 1.37. The van der Waals surface area contributed by atoms with Crippen molar-refractivity contribution in [3.05, 3.63) is 74.2 Å². The Labute approximate surface area is 278 Å². The number of hydrogen-bond donors (Lipinski definition) is 2. The van der Waals surface area contributed by atoms with E-state index in [4.69, 9.17) is 11.6 Å². The van der Waals surface area contributed by atoms with E-state index in [0.29, 0.717) is 54.9 Å². The summed E-state index contributed by atoms with van der Waals surface area (Å²) >= 11 is 6.11. The van der Waals surface area contributed by atoms with Crippen LogP contribution in [-0.2, 0) is 29.4 Å². The van der Waals surface area contributed by atoms with Crippen LogP contribution >= 0.6 is 11.6 Å². The summed E-state index contributed by atoms with van der Waals surface area (Å²) in [6.07, 6.45) is 0.683. The summed E-state index contributed by atoms with van der Waals surface area (Å²) in [6, 6.07) is 2.68. The smallest absolute Gasteiger partial charge is 0.416 e. The van der Waals surface area contributed by atoms with Crippen molar-refractivity contribution in [2.75, 3.05) is 24.3 Å². The van der Waals surface area contributed by atoms with Crippen LogP contribution < -0.4 is 15.6 Å². The number of aromatic nitrogens is 5. The molecule has 2 saturated carbocycles. The Hall–Kier alpha value is -4.59. The zero-order valence-corrected chi connectivity index (χ0v) is 27.4. The number of halogens is 4. The lowest BCUT2D eigenvalue weighted by molar-refractivity contribution is -0.137. The second-order valence-corrected chi connectivity index (χ2v) is 13.1. The van der Waals surface area contributed by atoms with Gasteiger partial charge in [0.2, 0.25) is 11.3 Å². The molecule has 1 unspecified atom stereocenters. The molecule has 48 heavy (non-hydrogen) atoms. The Morgan fingerprint density at radius 3 is 2.60 bits per heavy atom. The first kappa shape index (κ1) is 33.3. The SMILES string of the molecule is CCc1c([C@@]23CCC(C(=O)c4ncnc(C)c4O)C[C@@H]2C3)c(=O)c2nc(N(C)C)cnc2n1CC(=O)Nc1ccc(C(F)(F)F)cc1Cl. The standard InChI is InChI=1S/C33H33ClF3N7O4/c1-5-22-25(32-9-8-17(10-19(32)12-32)29(47)26-28(46)16(2)39-15-40-26)30(48)27-31(38-13-23(42-27)43(3)4)44(22)14-24(45)41-21-7-6-18(11-20(21)34)33(35,36)37/h6-7,11,13,15,17,19,46H,5,8-10,12,14H2,1-4H3,(H,41,45)/t17?,19-,32-/m1/s1. The van der Waals surface area contributed by atoms with Crippen molar-refractivity contribution in [2.24, 2.45) is 11.8 Å². The van der Waals surface area contributed by atoms with Crippen molar-refractivity contribution in [2.45, 2.75) is 64.1 Å². The first-order valence-electron chi connectivity index (χ1n) is 15.5. The topological polar surface area (TPSA) is 143 Å². The number of pyridine rings is 1. The van der Waals surface area contributed by atoms with Crippen LogP contribution in [0.2, 0.25) is 5.02 Å². The molecule has 11 nitrogen and oxygen atoms in total. The third-order valence-corrected chi connectivity index (χ3v) is 9.88. The van der Waals surface area contributed by atoms with E-state index in [1.54, 1.807) is 30.5 Å². The zero-order valence-electron chi connectivity index (χ0n) is 26.7. The number of rotatable bonds is 8. The molecule has 15 heteroatoms. The lowest BCUT2D eigenvalue weighted by Crippen LogP contribution is -2.34. The molecule has 3 aromatic heterocycles. The van der Waals surface area contributed by atoms with Gasteiger partial charge in [0.1, 0.15) is 18.7 Å². The largest absolute Gasteiger partial charge is 0.504 e. The van der Waals surface area contributed by atoms with Crippen molar-refractivity contribution < 1.29 is 27.9 Å². The highest BCUT2D eigenvalue weighted by Crippen LogP contribution is 2.63. The molecule has 0 saturated heterocycles. The van der Waals surface area contributed by atoms with Gasteiger partial charge in [-0.3, -0.25) is 14.4 Å². The molecule has 2 aliphatic carbocycles. The zero-order chi connectivity index (χ0) is 34.7. The molecule has 0 radical (unpaired) electrons. The van der Waals surface area contributed by atoms with Crippen LogP contribution in [0.5, 0.6) is 5.75 Å². The second-order valence-electron chi connectivity index (χ2n) is 12.7. The Morgan fingerprint density at radius 2 is 1.96 bits per heavy atom. The number of nitrogens with zero attached hydrogens (tertiary/aromatic N) is 6. The molecular weight excluding hydrogens is 651 g/mol. The first-order valence-corrected chi connectivity index (χ1v) is 15.9. The average molecular weight is 684 g/mol. The molecule has 2 N–H and O–H groups in total. The van der Waals surface area contributed by atoms with Crippen molar-refractivity contribution >= 4 is 46.0 Å². The second kappa shape index (κ2) is 12.1. The van der Waals surface area contributed by atoms with Gasteiger partial charge in [-0.25, -0.2) is 19.9 Å². The predicted molar refractivity (Wildman–Crippen MR) is 172 cm³/mol. The summed E-state index contributed by atoms with van der Waals surface area (Å²) < 4.78 is 41.1. The maximum Gasteiger partial charge on any atom is 0.416 e. The van der Waals surface area contributed by atoms with Gasteiger partial charge in [0.25, 0.3) is 0 Å². The number of carbonyl (C=O) groups excluding carboxylic acids is 2. The van der Waals surface area contributed by atoms with Crippen molar-refractivity contribution in [1.29, 1.82) is 0 Å². The molecular formula is C33H33ClF3N7O4. The molecule has 3 heterocycles. The number of nitrogens with one attached hydrogen (secondary N) is 1. The van der Waals surface area contributed by atoms with Gasteiger partial charge in [0, 0.05) is 36.7 Å². The van der Waals surface area contributed by atoms with Gasteiger partial charge in [0.05, 0.1) is 28.2 Å². The summed E-state index contributed by atoms with van der Waals surface area (Å²) in [5.41, 5.74) is -0.0118. The predicted octanol–water partition coefficient (Wildman–Crippen LogP) is 5.48. The van der Waals surface area contributed by atoms with Crippen LogP contribution in [0.15, 0.2) is 35.5 Å². The van der Waals surface area contributed by atoms with Crippen LogP contribution in [0.3, 0.4) is 0 Å². The van der Waals surface area contributed by atoms with Gasteiger partial charge in [0.15, 0.2) is 28.4 Å². The summed E-state index contributed by atoms with van der Waals surface area (Å²) in [5, 5.41) is 12.8. The van der Waals surface area contributed by atoms with E-state index in [-0.39, 0.29) is 57.0 Å². The monoisotopic (exact) mass is 683 g/mol. The number of Topliss-reactive ketones (excluding diaryl/α,β-unsaturated/α-hetero) is 1. The maximum atomic E-state index is 14.4. The summed E-state index contributed by atoms with van der Waals surface area (Å²) in [7, 11) is 3.53. The Kier molecular flexibility index (Phi) is 8.42. The number of alkyl halides is 3. The highest BCUT2D eigenvalue weighted by Gasteiger charge is 2.60. The van der Waals surface area contributed by atoms with E-state index < -0.39 is 29.0 Å². The highest BCUT2D eigenvalue weighted by atomic mass is 35.5. The van der Waals surface area contributed by atoms with Crippen LogP contribution in [-0.4, -0.2) is 55.4 Å². The van der Waals surface area contributed by atoms with Gasteiger partial charge in [-0.2, -0.15) is 13.2 Å². The highest BCUT2D eigenvalue weighted by molar-refractivity contribution is 6.33. The van der Waals surface area contributed by atoms with Crippen molar-refractivity contribution in [3.8, 4) is 5.75 Å². The number of amides is 1. The van der Waals surface area contributed by atoms with Gasteiger partial charge in [-0.1, -0.05) is 18.5 Å². The van der Waals surface area contributed by atoms with Gasteiger partial charge < -0.3 is 19.9 Å². The molecule has 2 fully saturated rings. The number of fused-ring (bicyclic) bond motifs is 2. The number of anilines is 2. The van der Waals surface area contributed by atoms with E-state index in [2.05, 4.69) is 25.3 Å². The minimum absolute atomic E-state index is 0.000974. The average Bonchev–Trinajstić information content (AvgIpc) is 3.77. The van der Waals surface area contributed by atoms with Gasteiger partial charge >= 0.3 is 6.18 Å². The molecule has 252 valence electrons. The Morgan fingerprint density at radius 1 is 1.21 bits per heavy atom. The van der Waals surface area contributed by atoms with E-state index >= 15 is 0 Å². The maximum absolute atomic E-state index is 14.4. The summed E-state index contributed by atoms with van der Waals surface area (Å²) in [5.74, 6) is -1.02. The molecule has 6 rings (SSSR count).